The van der Waals surface area contributed by atoms with Crippen LogP contribution in [0.4, 0.5) is 17.6 Å². The molecule has 21 heavy (non-hydrogen) atoms. The molecule has 0 aliphatic carbocycles. The van der Waals surface area contributed by atoms with Gasteiger partial charge in [0.25, 0.3) is 0 Å². The van der Waals surface area contributed by atoms with E-state index in [1.807, 2.05) is 0 Å². The van der Waals surface area contributed by atoms with E-state index in [2.05, 4.69) is 4.99 Å². The molecule has 0 spiro atoms. The van der Waals surface area contributed by atoms with E-state index in [1.165, 1.54) is 6.08 Å². The summed E-state index contributed by atoms with van der Waals surface area (Å²) in [6, 6.07) is 1.33. The van der Waals surface area contributed by atoms with Crippen LogP contribution in [0, 0.1) is 9.39 Å². The van der Waals surface area contributed by atoms with Gasteiger partial charge in [0, 0.05) is 0 Å². The van der Waals surface area contributed by atoms with Crippen LogP contribution >= 0.6 is 0 Å². The fraction of sp³-hybridized carbons (Fsp3) is 0.308. The van der Waals surface area contributed by atoms with Crippen molar-refractivity contribution in [3.05, 3.63) is 39.0 Å². The maximum absolute atomic E-state index is 13.9. The molecule has 1 aromatic carbocycles. The van der Waals surface area contributed by atoms with Gasteiger partial charge >= 0.3 is 130 Å². The van der Waals surface area contributed by atoms with Crippen molar-refractivity contribution in [1.82, 2.24) is 0 Å². The Morgan fingerprint density at radius 3 is 2.48 bits per heavy atom. The molecule has 0 bridgehead atoms. The molecule has 0 atom stereocenters. The fourth-order valence-corrected chi connectivity index (χ4v) is 2.90. The zero-order valence-electron chi connectivity index (χ0n) is 11.6. The number of ether oxygens (including phenoxy) is 1. The Hall–Kier alpha value is -1.32. The minimum atomic E-state index is -4.59. The molecule has 1 rings (SSSR count). The first-order valence-electron chi connectivity index (χ1n) is 5.75. The van der Waals surface area contributed by atoms with Crippen LogP contribution in [0.5, 0.6) is 5.75 Å². The predicted octanol–water partition coefficient (Wildman–Crippen LogP) is -1.92. The Bertz CT molecular complexity index is 582. The Morgan fingerprint density at radius 1 is 1.38 bits per heavy atom. The molecule has 0 radical (unpaired) electrons. The summed E-state index contributed by atoms with van der Waals surface area (Å²) in [6.45, 7) is 1.72. The fourth-order valence-electron chi connectivity index (χ4n) is 1.39. The predicted molar refractivity (Wildman–Crippen MR) is 66.5 cm³/mol. The number of halogens is 5. The third kappa shape index (κ3) is 4.87. The monoisotopic (exact) mass is 418 g/mol. The number of rotatable bonds is 4. The SMILES string of the molecule is C[NH+]=C(C)C=C(N)Oc1c(F)cc(C(F)(F)F)cc1[I-]C. The molecular weight excluding hydrogens is 403 g/mol. The van der Waals surface area contributed by atoms with Gasteiger partial charge in [0.2, 0.25) is 0 Å². The second-order valence-electron chi connectivity index (χ2n) is 4.04. The number of hydrogen-bond donors (Lipinski definition) is 2. The van der Waals surface area contributed by atoms with Crippen LogP contribution in [0.15, 0.2) is 24.1 Å². The van der Waals surface area contributed by atoms with Crippen LogP contribution in [0.3, 0.4) is 0 Å². The van der Waals surface area contributed by atoms with Crippen molar-refractivity contribution in [3.8, 4) is 5.75 Å². The molecule has 0 saturated carbocycles. The first-order chi connectivity index (χ1) is 9.68. The van der Waals surface area contributed by atoms with E-state index >= 15 is 0 Å². The summed E-state index contributed by atoms with van der Waals surface area (Å²) >= 11 is -0.821. The van der Waals surface area contributed by atoms with Crippen LogP contribution < -0.4 is 36.7 Å². The maximum atomic E-state index is 13.9. The third-order valence-corrected chi connectivity index (χ3v) is 4.47. The molecule has 0 aromatic heterocycles. The van der Waals surface area contributed by atoms with Crippen molar-refractivity contribution in [2.45, 2.75) is 13.1 Å². The van der Waals surface area contributed by atoms with E-state index < -0.39 is 38.8 Å². The first kappa shape index (κ1) is 17.7. The Labute approximate surface area is 130 Å². The second-order valence-corrected chi connectivity index (χ2v) is 6.28. The van der Waals surface area contributed by atoms with Gasteiger partial charge in [-0.15, -0.1) is 0 Å². The van der Waals surface area contributed by atoms with Crippen molar-refractivity contribution in [2.24, 2.45) is 5.73 Å². The van der Waals surface area contributed by atoms with Gasteiger partial charge in [-0.25, -0.2) is 0 Å². The summed E-state index contributed by atoms with van der Waals surface area (Å²) in [7, 11) is 1.67. The zero-order valence-corrected chi connectivity index (χ0v) is 13.8. The van der Waals surface area contributed by atoms with Crippen LogP contribution in [0.25, 0.3) is 0 Å². The standard InChI is InChI=1S/C13H14F4IN2O/c1-7(20-3)4-11(19)21-12-9(14)5-8(13(15,16)17)6-10(12)18-2/h4-6H,19H2,1-3H3/q-1/p+1. The summed E-state index contributed by atoms with van der Waals surface area (Å²) in [5.41, 5.74) is 5.25. The number of benzene rings is 1. The van der Waals surface area contributed by atoms with Crippen molar-refractivity contribution in [2.75, 3.05) is 12.0 Å². The molecule has 0 saturated heterocycles. The van der Waals surface area contributed by atoms with Crippen LogP contribution in [0.2, 0.25) is 0 Å². The second kappa shape index (κ2) is 7.10. The summed E-state index contributed by atoms with van der Waals surface area (Å²) in [6.07, 6.45) is -3.17. The van der Waals surface area contributed by atoms with Crippen LogP contribution in [-0.2, 0) is 6.18 Å². The number of allylic oxidation sites excluding steroid dienone is 1. The molecule has 118 valence electrons. The molecule has 0 unspecified atom stereocenters. The molecule has 0 heterocycles. The number of alkyl halides is 4. The van der Waals surface area contributed by atoms with E-state index in [4.69, 9.17) is 10.5 Å². The van der Waals surface area contributed by atoms with Gasteiger partial charge in [-0.2, -0.15) is 0 Å². The van der Waals surface area contributed by atoms with Gasteiger partial charge in [-0.05, 0) is 0 Å². The summed E-state index contributed by atoms with van der Waals surface area (Å²) in [5, 5.41) is 0. The van der Waals surface area contributed by atoms with Crippen molar-refractivity contribution in [3.63, 3.8) is 0 Å². The third-order valence-electron chi connectivity index (χ3n) is 2.50. The molecule has 0 fully saturated rings. The van der Waals surface area contributed by atoms with Crippen molar-refractivity contribution >= 4 is 5.71 Å². The van der Waals surface area contributed by atoms with Gasteiger partial charge in [0.05, 0.1) is 0 Å². The van der Waals surface area contributed by atoms with Crippen LogP contribution in [0.1, 0.15) is 12.5 Å². The summed E-state index contributed by atoms with van der Waals surface area (Å²) in [5.74, 6) is -1.41. The van der Waals surface area contributed by atoms with Gasteiger partial charge in [-0.1, -0.05) is 0 Å². The van der Waals surface area contributed by atoms with Gasteiger partial charge in [0.15, 0.2) is 0 Å². The normalized spacial score (nSPS) is 13.7. The average Bonchev–Trinajstić information content (AvgIpc) is 2.39. The van der Waals surface area contributed by atoms with E-state index in [-0.39, 0.29) is 15.2 Å². The summed E-state index contributed by atoms with van der Waals surface area (Å²) in [4.78, 5) is 4.51. The van der Waals surface area contributed by atoms with Crippen molar-refractivity contribution < 1.29 is 48.5 Å². The molecule has 1 aromatic rings. The quantitative estimate of drug-likeness (QED) is 0.197. The van der Waals surface area contributed by atoms with Gasteiger partial charge < -0.3 is 0 Å². The minimum absolute atomic E-state index is 0.0979. The molecule has 3 nitrogen and oxygen atoms in total. The number of nitrogens with two attached hydrogens (primary N) is 1. The molecular formula is C13H15F4IN2O. The Balaban J connectivity index is 3.23. The number of hydrogen-bond acceptors (Lipinski definition) is 2. The number of nitrogens with one attached hydrogen (secondary N) is 1. The van der Waals surface area contributed by atoms with Crippen molar-refractivity contribution in [1.29, 1.82) is 0 Å². The molecule has 0 amide bonds. The van der Waals surface area contributed by atoms with E-state index in [0.717, 1.165) is 6.07 Å². The summed E-state index contributed by atoms with van der Waals surface area (Å²) < 4.78 is 57.2. The average molecular weight is 418 g/mol. The van der Waals surface area contributed by atoms with E-state index in [0.29, 0.717) is 11.8 Å². The van der Waals surface area contributed by atoms with E-state index in [1.54, 1.807) is 18.9 Å². The molecule has 3 N–H and O–H groups in total. The molecule has 8 heteroatoms. The molecule has 0 aliphatic rings. The first-order valence-corrected chi connectivity index (χ1v) is 8.99. The van der Waals surface area contributed by atoms with E-state index in [9.17, 15) is 17.6 Å². The molecule has 0 aliphatic heterocycles. The van der Waals surface area contributed by atoms with Crippen LogP contribution in [-0.4, -0.2) is 17.7 Å². The Morgan fingerprint density at radius 2 is 2.00 bits per heavy atom. The van der Waals surface area contributed by atoms with Gasteiger partial charge in [-0.3, -0.25) is 0 Å². The van der Waals surface area contributed by atoms with Gasteiger partial charge in [0.1, 0.15) is 0 Å². The topological polar surface area (TPSA) is 49.2 Å². The Kier molecular flexibility index (Phi) is 5.99. The zero-order chi connectivity index (χ0) is 16.2.